The van der Waals surface area contributed by atoms with Gasteiger partial charge in [-0.15, -0.1) is 0 Å². The van der Waals surface area contributed by atoms with Crippen molar-refractivity contribution in [3.05, 3.63) is 28.2 Å². The molecule has 0 aromatic heterocycles. The quantitative estimate of drug-likeness (QED) is 0.828. The molecule has 0 spiro atoms. The summed E-state index contributed by atoms with van der Waals surface area (Å²) in [5.41, 5.74) is 0.659. The Bertz CT molecular complexity index is 591. The molecular formula is C16H21Cl2N3O2S. The first-order valence-electron chi connectivity index (χ1n) is 8.00. The average molecular weight is 390 g/mol. The zero-order valence-electron chi connectivity index (χ0n) is 13.3. The van der Waals surface area contributed by atoms with E-state index in [-0.39, 0.29) is 11.6 Å². The average Bonchev–Trinajstić information content (AvgIpc) is 3.07. The number of morpholine rings is 1. The van der Waals surface area contributed by atoms with Gasteiger partial charge >= 0.3 is 6.03 Å². The molecule has 0 aliphatic carbocycles. The summed E-state index contributed by atoms with van der Waals surface area (Å²) < 4.78 is 5.46. The van der Waals surface area contributed by atoms with Crippen molar-refractivity contribution >= 4 is 46.7 Å². The van der Waals surface area contributed by atoms with Crippen LogP contribution >= 0.6 is 35.0 Å². The minimum Gasteiger partial charge on any atom is -0.379 e. The fraction of sp³-hybridized carbons (Fsp3) is 0.562. The fourth-order valence-electron chi connectivity index (χ4n) is 3.13. The lowest BCUT2D eigenvalue weighted by molar-refractivity contribution is -0.0123. The second-order valence-electron chi connectivity index (χ2n) is 6.06. The van der Waals surface area contributed by atoms with Gasteiger partial charge in [0.15, 0.2) is 0 Å². The van der Waals surface area contributed by atoms with Crippen molar-refractivity contribution in [2.24, 2.45) is 0 Å². The number of nitrogens with one attached hydrogen (secondary N) is 2. The zero-order chi connectivity index (χ0) is 17.0. The van der Waals surface area contributed by atoms with Crippen LogP contribution in [-0.4, -0.2) is 60.8 Å². The minimum atomic E-state index is -0.224. The van der Waals surface area contributed by atoms with Crippen molar-refractivity contribution in [3.63, 3.8) is 0 Å². The van der Waals surface area contributed by atoms with Crippen molar-refractivity contribution in [1.29, 1.82) is 0 Å². The summed E-state index contributed by atoms with van der Waals surface area (Å²) in [6.07, 6.45) is 1.09. The molecule has 2 heterocycles. The number of urea groups is 1. The van der Waals surface area contributed by atoms with Crippen molar-refractivity contribution in [2.75, 3.05) is 49.7 Å². The Kier molecular flexibility index (Phi) is 6.16. The van der Waals surface area contributed by atoms with E-state index in [1.54, 1.807) is 18.2 Å². The molecule has 24 heavy (non-hydrogen) atoms. The van der Waals surface area contributed by atoms with Crippen LogP contribution in [0.1, 0.15) is 6.42 Å². The molecule has 2 fully saturated rings. The first-order chi connectivity index (χ1) is 11.6. The Labute approximate surface area is 156 Å². The summed E-state index contributed by atoms with van der Waals surface area (Å²) in [6, 6.07) is 4.82. The molecule has 1 aromatic carbocycles. The van der Waals surface area contributed by atoms with Gasteiger partial charge in [0.25, 0.3) is 0 Å². The van der Waals surface area contributed by atoms with E-state index in [0.29, 0.717) is 22.3 Å². The van der Waals surface area contributed by atoms with E-state index in [1.807, 2.05) is 11.8 Å². The molecule has 0 unspecified atom stereocenters. The summed E-state index contributed by atoms with van der Waals surface area (Å²) in [4.78, 5) is 14.7. The molecule has 2 amide bonds. The summed E-state index contributed by atoms with van der Waals surface area (Å²) >= 11 is 13.8. The smallest absolute Gasteiger partial charge is 0.319 e. The number of ether oxygens (including phenoxy) is 1. The molecule has 1 atom stereocenters. The monoisotopic (exact) mass is 389 g/mol. The Morgan fingerprint density at radius 1 is 1.29 bits per heavy atom. The summed E-state index contributed by atoms with van der Waals surface area (Å²) in [7, 11) is 0. The second kappa shape index (κ2) is 8.15. The topological polar surface area (TPSA) is 53.6 Å². The van der Waals surface area contributed by atoms with Crippen LogP contribution in [0.4, 0.5) is 10.5 Å². The van der Waals surface area contributed by atoms with Crippen LogP contribution in [-0.2, 0) is 4.74 Å². The van der Waals surface area contributed by atoms with E-state index in [9.17, 15) is 4.79 Å². The second-order valence-corrected chi connectivity index (χ2v) is 7.98. The molecule has 132 valence electrons. The highest BCUT2D eigenvalue weighted by Gasteiger charge is 2.40. The Hall–Kier alpha value is -0.660. The third-order valence-corrected chi connectivity index (χ3v) is 6.49. The number of carbonyl (C=O) groups is 1. The molecule has 2 saturated heterocycles. The number of amides is 2. The highest BCUT2D eigenvalue weighted by Crippen LogP contribution is 2.33. The normalized spacial score (nSPS) is 24.8. The van der Waals surface area contributed by atoms with Crippen LogP contribution in [0, 0.1) is 0 Å². The number of benzene rings is 1. The molecule has 5 nitrogen and oxygen atoms in total. The van der Waals surface area contributed by atoms with Crippen LogP contribution < -0.4 is 10.6 Å². The molecule has 2 N–H and O–H groups in total. The standard InChI is InChI=1S/C16H21Cl2N3O2S/c17-13-2-1-12(9-14(13)18)20-15(22)19-10-16(3-8-24-11-16)21-4-6-23-7-5-21/h1-2,9H,3-8,10-11H2,(H2,19,20,22)/t16-/m0/s1. The van der Waals surface area contributed by atoms with E-state index < -0.39 is 0 Å². The van der Waals surface area contributed by atoms with E-state index >= 15 is 0 Å². The highest BCUT2D eigenvalue weighted by molar-refractivity contribution is 7.99. The Morgan fingerprint density at radius 3 is 2.75 bits per heavy atom. The van der Waals surface area contributed by atoms with Gasteiger partial charge in [0.05, 0.1) is 23.3 Å². The molecule has 0 radical (unpaired) electrons. The summed E-state index contributed by atoms with van der Waals surface area (Å²) in [5.74, 6) is 2.17. The van der Waals surface area contributed by atoms with Gasteiger partial charge in [-0.05, 0) is 30.4 Å². The maximum atomic E-state index is 12.2. The van der Waals surface area contributed by atoms with Gasteiger partial charge in [0.2, 0.25) is 0 Å². The molecular weight excluding hydrogens is 369 g/mol. The van der Waals surface area contributed by atoms with Gasteiger partial charge in [0.1, 0.15) is 0 Å². The zero-order valence-corrected chi connectivity index (χ0v) is 15.6. The number of halogens is 2. The number of anilines is 1. The van der Waals surface area contributed by atoms with E-state index in [2.05, 4.69) is 15.5 Å². The predicted octanol–water partition coefficient (Wildman–Crippen LogP) is 3.32. The number of nitrogens with zero attached hydrogens (tertiary/aromatic N) is 1. The summed E-state index contributed by atoms with van der Waals surface area (Å²) in [5, 5.41) is 6.73. The Morgan fingerprint density at radius 2 is 2.08 bits per heavy atom. The first-order valence-corrected chi connectivity index (χ1v) is 9.91. The van der Waals surface area contributed by atoms with Crippen LogP contribution in [0.2, 0.25) is 10.0 Å². The number of thioether (sulfide) groups is 1. The van der Waals surface area contributed by atoms with Crippen molar-refractivity contribution in [1.82, 2.24) is 10.2 Å². The van der Waals surface area contributed by atoms with Gasteiger partial charge in [-0.2, -0.15) is 11.8 Å². The van der Waals surface area contributed by atoms with Crippen LogP contribution in [0.15, 0.2) is 18.2 Å². The van der Waals surface area contributed by atoms with Gasteiger partial charge in [-0.3, -0.25) is 4.90 Å². The molecule has 2 aliphatic heterocycles. The van der Waals surface area contributed by atoms with Gasteiger partial charge < -0.3 is 15.4 Å². The number of carbonyl (C=O) groups excluding carboxylic acids is 1. The van der Waals surface area contributed by atoms with Gasteiger partial charge in [0, 0.05) is 36.6 Å². The highest BCUT2D eigenvalue weighted by atomic mass is 35.5. The molecule has 2 aliphatic rings. The van der Waals surface area contributed by atoms with Crippen molar-refractivity contribution in [2.45, 2.75) is 12.0 Å². The lowest BCUT2D eigenvalue weighted by atomic mass is 9.95. The molecule has 1 aromatic rings. The summed E-state index contributed by atoms with van der Waals surface area (Å²) in [6.45, 7) is 4.02. The van der Waals surface area contributed by atoms with Crippen LogP contribution in [0.3, 0.4) is 0 Å². The van der Waals surface area contributed by atoms with E-state index in [0.717, 1.165) is 44.2 Å². The van der Waals surface area contributed by atoms with Crippen LogP contribution in [0.5, 0.6) is 0 Å². The molecule has 0 bridgehead atoms. The number of rotatable bonds is 4. The SMILES string of the molecule is O=C(NC[C@@]1(N2CCOCC2)CCSC1)Nc1ccc(Cl)c(Cl)c1. The fourth-order valence-corrected chi connectivity index (χ4v) is 4.90. The largest absolute Gasteiger partial charge is 0.379 e. The van der Waals surface area contributed by atoms with E-state index in [4.69, 9.17) is 27.9 Å². The molecule has 0 saturated carbocycles. The maximum Gasteiger partial charge on any atom is 0.319 e. The van der Waals surface area contributed by atoms with E-state index in [1.165, 1.54) is 0 Å². The molecule has 3 rings (SSSR count). The lowest BCUT2D eigenvalue weighted by Gasteiger charge is -2.43. The number of hydrogen-bond donors (Lipinski definition) is 2. The van der Waals surface area contributed by atoms with Crippen molar-refractivity contribution in [3.8, 4) is 0 Å². The van der Waals surface area contributed by atoms with Gasteiger partial charge in [-0.1, -0.05) is 23.2 Å². The minimum absolute atomic E-state index is 0.0312. The number of hydrogen-bond acceptors (Lipinski definition) is 4. The van der Waals surface area contributed by atoms with Crippen molar-refractivity contribution < 1.29 is 9.53 Å². The Balaban J connectivity index is 1.57. The van der Waals surface area contributed by atoms with Crippen LogP contribution in [0.25, 0.3) is 0 Å². The third kappa shape index (κ3) is 4.29. The maximum absolute atomic E-state index is 12.2. The molecule has 8 heteroatoms. The van der Waals surface area contributed by atoms with Gasteiger partial charge in [-0.25, -0.2) is 4.79 Å². The first kappa shape index (κ1) is 18.1. The third-order valence-electron chi connectivity index (χ3n) is 4.52. The lowest BCUT2D eigenvalue weighted by Crippen LogP contribution is -2.59. The predicted molar refractivity (Wildman–Crippen MR) is 101 cm³/mol.